The third kappa shape index (κ3) is 8.81. The van der Waals surface area contributed by atoms with Gasteiger partial charge < -0.3 is 18.9 Å². The van der Waals surface area contributed by atoms with Crippen molar-refractivity contribution in [3.63, 3.8) is 0 Å². The molecule has 0 spiro atoms. The first-order valence-corrected chi connectivity index (χ1v) is 13.7. The number of benzene rings is 3. The Morgan fingerprint density at radius 2 is 0.861 bits per heavy atom. The fraction of sp³-hybridized carbons (Fsp3) is 0.357. The van der Waals surface area contributed by atoms with Gasteiger partial charge in [-0.3, -0.25) is 4.18 Å². The Morgan fingerprint density at radius 3 is 1.22 bits per heavy atom. The molecule has 3 aromatic rings. The molecule has 0 heterocycles. The average Bonchev–Trinajstić information content (AvgIpc) is 2.90. The lowest BCUT2D eigenvalue weighted by Crippen LogP contribution is -2.34. The van der Waals surface area contributed by atoms with E-state index in [0.29, 0.717) is 39.6 Å². The van der Waals surface area contributed by atoms with Gasteiger partial charge in [0.05, 0.1) is 59.1 Å². The summed E-state index contributed by atoms with van der Waals surface area (Å²) in [5.41, 5.74) is 2.38. The Kier molecular flexibility index (Phi) is 11.5. The smallest absolute Gasteiger partial charge is 0.264 e. The van der Waals surface area contributed by atoms with Gasteiger partial charge in [0.25, 0.3) is 10.1 Å². The lowest BCUT2D eigenvalue weighted by Gasteiger charge is -2.36. The molecule has 0 amide bonds. The second-order valence-electron chi connectivity index (χ2n) is 7.99. The molecule has 0 aliphatic rings. The molecule has 3 aromatic carbocycles. The minimum absolute atomic E-state index is 0.00161. The van der Waals surface area contributed by atoms with Crippen molar-refractivity contribution in [1.82, 2.24) is 0 Å². The molecule has 0 fully saturated rings. The Morgan fingerprint density at radius 1 is 0.528 bits per heavy atom. The Hall–Kier alpha value is -2.59. The number of rotatable bonds is 17. The van der Waals surface area contributed by atoms with Crippen molar-refractivity contribution in [3.8, 4) is 0 Å². The van der Waals surface area contributed by atoms with Crippen molar-refractivity contribution < 1.29 is 31.5 Å². The molecule has 0 aromatic heterocycles. The van der Waals surface area contributed by atoms with Crippen molar-refractivity contribution in [2.75, 3.05) is 59.1 Å². The molecule has 0 N–H and O–H groups in total. The van der Waals surface area contributed by atoms with Crippen molar-refractivity contribution >= 4 is 10.1 Å². The molecule has 194 valence electrons. The first-order chi connectivity index (χ1) is 17.5. The zero-order chi connectivity index (χ0) is 25.5. The highest BCUT2D eigenvalue weighted by atomic mass is 32.2. The van der Waals surface area contributed by atoms with E-state index in [9.17, 15) is 8.42 Å². The van der Waals surface area contributed by atoms with E-state index in [2.05, 4.69) is 40.6 Å². The monoisotopic (exact) mass is 514 g/mol. The number of hydrogen-bond acceptors (Lipinski definition) is 7. The van der Waals surface area contributed by atoms with Crippen LogP contribution in [0.2, 0.25) is 0 Å². The van der Waals surface area contributed by atoms with Crippen LogP contribution in [0, 0.1) is 0 Å². The van der Waals surface area contributed by atoms with Gasteiger partial charge in [-0.05, 0) is 16.7 Å². The van der Waals surface area contributed by atoms with Crippen molar-refractivity contribution in [2.24, 2.45) is 0 Å². The van der Waals surface area contributed by atoms with Crippen LogP contribution in [0.1, 0.15) is 16.7 Å². The molecule has 0 saturated heterocycles. The van der Waals surface area contributed by atoms with Crippen LogP contribution in [0.3, 0.4) is 0 Å². The van der Waals surface area contributed by atoms with E-state index >= 15 is 0 Å². The van der Waals surface area contributed by atoms with E-state index in [-0.39, 0.29) is 13.2 Å². The van der Waals surface area contributed by atoms with Crippen LogP contribution in [0.25, 0.3) is 0 Å². The lowest BCUT2D eigenvalue weighted by atomic mass is 9.80. The Labute approximate surface area is 214 Å². The molecule has 0 aliphatic heterocycles. The zero-order valence-corrected chi connectivity index (χ0v) is 21.4. The standard InChI is InChI=1S/C28H34O7S/c1-36(29,30)35-24-22-33-20-18-31-17-19-32-21-23-34-28(25-11-5-2-6-12-25,26-13-7-3-8-14-26)27-15-9-4-10-16-27/h2-16H,17-24H2,1H3. The summed E-state index contributed by atoms with van der Waals surface area (Å²) >= 11 is 0. The fourth-order valence-electron chi connectivity index (χ4n) is 3.81. The van der Waals surface area contributed by atoms with Crippen LogP contribution in [0.15, 0.2) is 91.0 Å². The molecule has 0 aliphatic carbocycles. The molecular formula is C28H34O7S. The van der Waals surface area contributed by atoms with Crippen LogP contribution in [0.5, 0.6) is 0 Å². The summed E-state index contributed by atoms with van der Waals surface area (Å²) in [6.07, 6.45) is 1.01. The topological polar surface area (TPSA) is 80.3 Å². The van der Waals surface area contributed by atoms with Gasteiger partial charge in [-0.25, -0.2) is 0 Å². The van der Waals surface area contributed by atoms with Gasteiger partial charge in [-0.2, -0.15) is 8.42 Å². The third-order valence-corrected chi connectivity index (χ3v) is 5.95. The highest BCUT2D eigenvalue weighted by molar-refractivity contribution is 7.85. The summed E-state index contributed by atoms with van der Waals surface area (Å²) < 4.78 is 49.5. The minimum Gasteiger partial charge on any atom is -0.377 e. The summed E-state index contributed by atoms with van der Waals surface area (Å²) in [5, 5.41) is 0. The maximum atomic E-state index is 10.9. The van der Waals surface area contributed by atoms with E-state index in [1.165, 1.54) is 0 Å². The zero-order valence-electron chi connectivity index (χ0n) is 20.6. The van der Waals surface area contributed by atoms with Gasteiger partial charge in [0.1, 0.15) is 5.60 Å². The molecule has 0 unspecified atom stereocenters. The van der Waals surface area contributed by atoms with Crippen LogP contribution in [-0.2, 0) is 38.8 Å². The van der Waals surface area contributed by atoms with Gasteiger partial charge in [-0.1, -0.05) is 91.0 Å². The number of ether oxygens (including phenoxy) is 4. The van der Waals surface area contributed by atoms with Crippen LogP contribution < -0.4 is 0 Å². The van der Waals surface area contributed by atoms with Crippen molar-refractivity contribution in [3.05, 3.63) is 108 Å². The summed E-state index contributed by atoms with van der Waals surface area (Å²) in [5.74, 6) is 0. The second-order valence-corrected chi connectivity index (χ2v) is 9.63. The predicted molar refractivity (Wildman–Crippen MR) is 138 cm³/mol. The van der Waals surface area contributed by atoms with E-state index < -0.39 is 15.7 Å². The van der Waals surface area contributed by atoms with E-state index in [1.807, 2.05) is 54.6 Å². The molecule has 8 heteroatoms. The molecule has 7 nitrogen and oxygen atoms in total. The average molecular weight is 515 g/mol. The van der Waals surface area contributed by atoms with E-state index in [0.717, 1.165) is 22.9 Å². The maximum absolute atomic E-state index is 10.9. The summed E-state index contributed by atoms with van der Waals surface area (Å²) in [6.45, 7) is 2.58. The molecule has 0 atom stereocenters. The molecule has 3 rings (SSSR count). The van der Waals surface area contributed by atoms with Crippen LogP contribution >= 0.6 is 0 Å². The normalized spacial score (nSPS) is 12.0. The Bertz CT molecular complexity index is 994. The van der Waals surface area contributed by atoms with Gasteiger partial charge in [0.2, 0.25) is 0 Å². The van der Waals surface area contributed by atoms with E-state index in [4.69, 9.17) is 18.9 Å². The Balaban J connectivity index is 1.48. The minimum atomic E-state index is -3.43. The van der Waals surface area contributed by atoms with Crippen LogP contribution in [0.4, 0.5) is 0 Å². The quantitative estimate of drug-likeness (QED) is 0.153. The van der Waals surface area contributed by atoms with Gasteiger partial charge in [0.15, 0.2) is 0 Å². The molecule has 0 saturated carbocycles. The van der Waals surface area contributed by atoms with Crippen molar-refractivity contribution in [2.45, 2.75) is 5.60 Å². The second kappa shape index (κ2) is 14.8. The summed E-state index contributed by atoms with van der Waals surface area (Å²) in [4.78, 5) is 0. The van der Waals surface area contributed by atoms with Gasteiger partial charge >= 0.3 is 0 Å². The highest BCUT2D eigenvalue weighted by Crippen LogP contribution is 2.40. The first kappa shape index (κ1) is 28.0. The maximum Gasteiger partial charge on any atom is 0.264 e. The molecular weight excluding hydrogens is 480 g/mol. The SMILES string of the molecule is CS(=O)(=O)OCCOCCOCCOCCOC(c1ccccc1)(c1ccccc1)c1ccccc1. The lowest BCUT2D eigenvalue weighted by molar-refractivity contribution is -0.0373. The third-order valence-electron chi connectivity index (χ3n) is 5.36. The first-order valence-electron chi connectivity index (χ1n) is 11.9. The van der Waals surface area contributed by atoms with Gasteiger partial charge in [-0.15, -0.1) is 0 Å². The molecule has 0 bridgehead atoms. The fourth-order valence-corrected chi connectivity index (χ4v) is 4.18. The molecule has 36 heavy (non-hydrogen) atoms. The summed E-state index contributed by atoms with van der Waals surface area (Å²) in [7, 11) is -3.43. The predicted octanol–water partition coefficient (Wildman–Crippen LogP) is 4.02. The van der Waals surface area contributed by atoms with E-state index in [1.54, 1.807) is 0 Å². The number of hydrogen-bond donors (Lipinski definition) is 0. The van der Waals surface area contributed by atoms with Crippen molar-refractivity contribution in [1.29, 1.82) is 0 Å². The van der Waals surface area contributed by atoms with Crippen LogP contribution in [-0.4, -0.2) is 67.5 Å². The van der Waals surface area contributed by atoms with Gasteiger partial charge in [0, 0.05) is 0 Å². The highest BCUT2D eigenvalue weighted by Gasteiger charge is 2.37. The molecule has 0 radical (unpaired) electrons. The summed E-state index contributed by atoms with van der Waals surface area (Å²) in [6, 6.07) is 30.7. The largest absolute Gasteiger partial charge is 0.377 e.